The fourth-order valence-corrected chi connectivity index (χ4v) is 3.77. The van der Waals surface area contributed by atoms with Crippen molar-refractivity contribution in [1.82, 2.24) is 4.90 Å². The molecule has 19 heavy (non-hydrogen) atoms. The number of aliphatic carboxylic acids is 1. The van der Waals surface area contributed by atoms with E-state index in [0.717, 1.165) is 38.8 Å². The van der Waals surface area contributed by atoms with Gasteiger partial charge < -0.3 is 9.84 Å². The van der Waals surface area contributed by atoms with Crippen LogP contribution in [0.1, 0.15) is 51.9 Å². The van der Waals surface area contributed by atoms with Gasteiger partial charge in [0.2, 0.25) is 0 Å². The lowest BCUT2D eigenvalue weighted by atomic mass is 9.75. The van der Waals surface area contributed by atoms with Crippen molar-refractivity contribution in [3.63, 3.8) is 0 Å². The van der Waals surface area contributed by atoms with Gasteiger partial charge in [0, 0.05) is 13.2 Å². The van der Waals surface area contributed by atoms with Gasteiger partial charge in [0.15, 0.2) is 0 Å². The first-order chi connectivity index (χ1) is 9.13. The van der Waals surface area contributed by atoms with Gasteiger partial charge in [-0.1, -0.05) is 19.8 Å². The van der Waals surface area contributed by atoms with Gasteiger partial charge in [0.1, 0.15) is 0 Å². The van der Waals surface area contributed by atoms with Crippen LogP contribution >= 0.6 is 0 Å². The van der Waals surface area contributed by atoms with Crippen molar-refractivity contribution in [1.29, 1.82) is 0 Å². The second-order valence-electron chi connectivity index (χ2n) is 6.10. The molecule has 1 N–H and O–H groups in total. The van der Waals surface area contributed by atoms with Crippen molar-refractivity contribution < 1.29 is 14.6 Å². The van der Waals surface area contributed by atoms with Crippen molar-refractivity contribution in [2.75, 3.05) is 20.2 Å². The molecule has 0 spiro atoms. The molecule has 1 saturated carbocycles. The number of ether oxygens (including phenoxy) is 1. The molecule has 2 rings (SSSR count). The van der Waals surface area contributed by atoms with Gasteiger partial charge in [-0.3, -0.25) is 9.69 Å². The lowest BCUT2D eigenvalue weighted by molar-refractivity contribution is -0.153. The third-order valence-electron chi connectivity index (χ3n) is 5.33. The van der Waals surface area contributed by atoms with Crippen LogP contribution in [0.2, 0.25) is 0 Å². The lowest BCUT2D eigenvalue weighted by Gasteiger charge is -2.45. The van der Waals surface area contributed by atoms with Crippen LogP contribution in [0.4, 0.5) is 0 Å². The molecule has 2 fully saturated rings. The van der Waals surface area contributed by atoms with E-state index in [0.29, 0.717) is 12.1 Å². The maximum Gasteiger partial charge on any atom is 0.309 e. The first-order valence-electron chi connectivity index (χ1n) is 7.63. The third-order valence-corrected chi connectivity index (χ3v) is 5.33. The van der Waals surface area contributed by atoms with Gasteiger partial charge in [-0.2, -0.15) is 0 Å². The first kappa shape index (κ1) is 14.8. The SMILES string of the molecule is CCC1(C(=O)O)CCN(C2CCCCC2OC)CC1. The van der Waals surface area contributed by atoms with Crippen molar-refractivity contribution in [3.05, 3.63) is 0 Å². The first-order valence-corrected chi connectivity index (χ1v) is 7.63. The maximum absolute atomic E-state index is 11.5. The summed E-state index contributed by atoms with van der Waals surface area (Å²) in [5.74, 6) is -0.610. The Bertz CT molecular complexity index is 311. The Morgan fingerprint density at radius 3 is 2.47 bits per heavy atom. The number of carbonyl (C=O) groups is 1. The van der Waals surface area contributed by atoms with E-state index < -0.39 is 11.4 Å². The molecule has 4 nitrogen and oxygen atoms in total. The molecular weight excluding hydrogens is 242 g/mol. The molecule has 2 aliphatic rings. The molecule has 1 aliphatic carbocycles. The zero-order valence-corrected chi connectivity index (χ0v) is 12.2. The van der Waals surface area contributed by atoms with E-state index in [1.165, 1.54) is 19.3 Å². The lowest BCUT2D eigenvalue weighted by Crippen LogP contribution is -2.52. The highest BCUT2D eigenvalue weighted by atomic mass is 16.5. The molecule has 1 aliphatic heterocycles. The Morgan fingerprint density at radius 2 is 1.95 bits per heavy atom. The van der Waals surface area contributed by atoms with Gasteiger partial charge in [0.05, 0.1) is 11.5 Å². The minimum atomic E-state index is -0.610. The van der Waals surface area contributed by atoms with E-state index in [9.17, 15) is 9.90 Å². The molecule has 0 bridgehead atoms. The zero-order valence-electron chi connectivity index (χ0n) is 12.2. The van der Waals surface area contributed by atoms with Gasteiger partial charge in [-0.25, -0.2) is 0 Å². The predicted molar refractivity (Wildman–Crippen MR) is 74.2 cm³/mol. The number of likely N-dealkylation sites (tertiary alicyclic amines) is 1. The smallest absolute Gasteiger partial charge is 0.309 e. The summed E-state index contributed by atoms with van der Waals surface area (Å²) in [6, 6.07) is 0.502. The summed E-state index contributed by atoms with van der Waals surface area (Å²) < 4.78 is 5.62. The summed E-state index contributed by atoms with van der Waals surface area (Å²) in [5, 5.41) is 9.44. The fraction of sp³-hybridized carbons (Fsp3) is 0.933. The number of hydrogen-bond acceptors (Lipinski definition) is 3. The second kappa shape index (κ2) is 6.23. The molecule has 0 aromatic carbocycles. The number of hydrogen-bond donors (Lipinski definition) is 1. The van der Waals surface area contributed by atoms with Crippen LogP contribution in [-0.4, -0.2) is 48.3 Å². The van der Waals surface area contributed by atoms with Crippen LogP contribution in [0, 0.1) is 5.41 Å². The van der Waals surface area contributed by atoms with Crippen molar-refractivity contribution in [2.24, 2.45) is 5.41 Å². The van der Waals surface area contributed by atoms with E-state index in [1.54, 1.807) is 7.11 Å². The largest absolute Gasteiger partial charge is 0.481 e. The number of rotatable bonds is 4. The van der Waals surface area contributed by atoms with Crippen LogP contribution in [0.5, 0.6) is 0 Å². The number of piperidine rings is 1. The number of nitrogens with zero attached hydrogens (tertiary/aromatic N) is 1. The second-order valence-corrected chi connectivity index (χ2v) is 6.10. The minimum absolute atomic E-state index is 0.340. The molecule has 2 unspecified atom stereocenters. The fourth-order valence-electron chi connectivity index (χ4n) is 3.77. The quantitative estimate of drug-likeness (QED) is 0.852. The predicted octanol–water partition coefficient (Wildman–Crippen LogP) is 2.52. The molecule has 110 valence electrons. The summed E-state index contributed by atoms with van der Waals surface area (Å²) in [6.07, 6.45) is 7.54. The van der Waals surface area contributed by atoms with Crippen LogP contribution in [-0.2, 0) is 9.53 Å². The summed E-state index contributed by atoms with van der Waals surface area (Å²) in [6.45, 7) is 3.82. The summed E-state index contributed by atoms with van der Waals surface area (Å²) >= 11 is 0. The van der Waals surface area contributed by atoms with Gasteiger partial charge in [0.25, 0.3) is 0 Å². The van der Waals surface area contributed by atoms with Crippen molar-refractivity contribution in [2.45, 2.75) is 64.0 Å². The molecule has 0 aromatic heterocycles. The number of carboxylic acids is 1. The van der Waals surface area contributed by atoms with E-state index in [4.69, 9.17) is 4.74 Å². The Labute approximate surface area is 116 Å². The van der Waals surface area contributed by atoms with Crippen LogP contribution < -0.4 is 0 Å². The minimum Gasteiger partial charge on any atom is -0.481 e. The molecule has 1 saturated heterocycles. The molecular formula is C15H27NO3. The Hall–Kier alpha value is -0.610. The average Bonchev–Trinajstić information content (AvgIpc) is 2.47. The maximum atomic E-state index is 11.5. The Balaban J connectivity index is 1.97. The van der Waals surface area contributed by atoms with E-state index in [-0.39, 0.29) is 0 Å². The molecule has 1 heterocycles. The Morgan fingerprint density at radius 1 is 1.32 bits per heavy atom. The van der Waals surface area contributed by atoms with E-state index in [2.05, 4.69) is 4.90 Å². The number of methoxy groups -OCH3 is 1. The van der Waals surface area contributed by atoms with Crippen LogP contribution in [0.15, 0.2) is 0 Å². The summed E-state index contributed by atoms with van der Waals surface area (Å²) in [5.41, 5.74) is -0.478. The molecule has 4 heteroatoms. The highest BCUT2D eigenvalue weighted by molar-refractivity contribution is 5.74. The van der Waals surface area contributed by atoms with E-state index in [1.807, 2.05) is 6.92 Å². The average molecular weight is 269 g/mol. The highest BCUT2D eigenvalue weighted by Crippen LogP contribution is 2.37. The topological polar surface area (TPSA) is 49.8 Å². The third kappa shape index (κ3) is 2.95. The van der Waals surface area contributed by atoms with Crippen molar-refractivity contribution >= 4 is 5.97 Å². The highest BCUT2D eigenvalue weighted by Gasteiger charge is 2.42. The van der Waals surface area contributed by atoms with E-state index >= 15 is 0 Å². The summed E-state index contributed by atoms with van der Waals surface area (Å²) in [7, 11) is 1.81. The normalized spacial score (nSPS) is 32.1. The summed E-state index contributed by atoms with van der Waals surface area (Å²) in [4.78, 5) is 13.9. The molecule has 2 atom stereocenters. The van der Waals surface area contributed by atoms with Gasteiger partial charge in [-0.15, -0.1) is 0 Å². The zero-order chi connectivity index (χ0) is 13.9. The standard InChI is InChI=1S/C15H27NO3/c1-3-15(14(17)18)8-10-16(11-9-15)12-6-4-5-7-13(12)19-2/h12-13H,3-11H2,1-2H3,(H,17,18). The van der Waals surface area contributed by atoms with Crippen LogP contribution in [0.25, 0.3) is 0 Å². The molecule has 0 radical (unpaired) electrons. The monoisotopic (exact) mass is 269 g/mol. The van der Waals surface area contributed by atoms with Crippen molar-refractivity contribution in [3.8, 4) is 0 Å². The molecule has 0 amide bonds. The van der Waals surface area contributed by atoms with Gasteiger partial charge in [-0.05, 0) is 45.2 Å². The van der Waals surface area contributed by atoms with Crippen LogP contribution in [0.3, 0.4) is 0 Å². The number of carboxylic acid groups (broad SMARTS) is 1. The molecule has 0 aromatic rings. The van der Waals surface area contributed by atoms with Gasteiger partial charge >= 0.3 is 5.97 Å². The Kier molecular flexibility index (Phi) is 4.85.